The van der Waals surface area contributed by atoms with E-state index in [0.717, 1.165) is 37.6 Å². The van der Waals surface area contributed by atoms with Gasteiger partial charge in [0.25, 0.3) is 0 Å². The second-order valence-corrected chi connectivity index (χ2v) is 8.62. The first kappa shape index (κ1) is 20.4. The third kappa shape index (κ3) is 3.14. The lowest BCUT2D eigenvalue weighted by atomic mass is 9.86. The van der Waals surface area contributed by atoms with Crippen LogP contribution in [0.3, 0.4) is 0 Å². The van der Waals surface area contributed by atoms with Gasteiger partial charge in [0.05, 0.1) is 48.5 Å². The van der Waals surface area contributed by atoms with Crippen molar-refractivity contribution in [1.82, 2.24) is 24.6 Å². The van der Waals surface area contributed by atoms with Gasteiger partial charge in [0.2, 0.25) is 0 Å². The molecule has 0 aliphatic carbocycles. The van der Waals surface area contributed by atoms with Gasteiger partial charge in [-0.05, 0) is 19.9 Å². The number of rotatable bonds is 5. The SMILES string of the molecule is COc1c(C(C)n2nc(C)c3c(N)ncnc32)cc(Cl)c(F)c1C1CN(C2COC2)C1. The zero-order chi connectivity index (χ0) is 21.9. The van der Waals surface area contributed by atoms with Gasteiger partial charge in [0, 0.05) is 30.1 Å². The Morgan fingerprint density at radius 2 is 2.06 bits per heavy atom. The minimum absolute atomic E-state index is 0.00858. The predicted molar refractivity (Wildman–Crippen MR) is 115 cm³/mol. The number of nitrogens with two attached hydrogens (primary N) is 1. The molecular weight excluding hydrogens is 423 g/mol. The van der Waals surface area contributed by atoms with E-state index in [-0.39, 0.29) is 17.0 Å². The largest absolute Gasteiger partial charge is 0.496 e. The first-order chi connectivity index (χ1) is 14.9. The average Bonchev–Trinajstić information content (AvgIpc) is 3.02. The first-order valence-corrected chi connectivity index (χ1v) is 10.6. The van der Waals surface area contributed by atoms with E-state index < -0.39 is 5.82 Å². The first-order valence-electron chi connectivity index (χ1n) is 10.2. The minimum atomic E-state index is -0.419. The van der Waals surface area contributed by atoms with Gasteiger partial charge in [0.1, 0.15) is 23.7 Å². The highest BCUT2D eigenvalue weighted by molar-refractivity contribution is 6.31. The van der Waals surface area contributed by atoms with E-state index in [4.69, 9.17) is 26.8 Å². The van der Waals surface area contributed by atoms with Crippen LogP contribution in [0.15, 0.2) is 12.4 Å². The molecule has 164 valence electrons. The molecule has 2 aliphatic heterocycles. The van der Waals surface area contributed by atoms with E-state index in [1.165, 1.54) is 6.33 Å². The van der Waals surface area contributed by atoms with Gasteiger partial charge in [-0.3, -0.25) is 4.90 Å². The highest BCUT2D eigenvalue weighted by Gasteiger charge is 2.40. The van der Waals surface area contributed by atoms with Gasteiger partial charge in [-0.25, -0.2) is 19.0 Å². The fraction of sp³-hybridized carbons (Fsp3) is 0.476. The number of halogens is 2. The Balaban J connectivity index is 1.57. The van der Waals surface area contributed by atoms with E-state index in [2.05, 4.69) is 20.0 Å². The standard InChI is InChI=1S/C21H24ClFN6O2/c1-10-16-20(24)25-9-26-21(16)29(27-10)11(2)14-4-15(22)18(23)17(19(14)30-3)12-5-28(6-12)13-7-31-8-13/h4,9,11-13H,5-8H2,1-3H3,(H2,24,25,26). The molecule has 2 saturated heterocycles. The Hall–Kier alpha value is -2.49. The summed E-state index contributed by atoms with van der Waals surface area (Å²) in [6, 6.07) is 1.73. The van der Waals surface area contributed by atoms with Crippen LogP contribution in [0.2, 0.25) is 5.02 Å². The van der Waals surface area contributed by atoms with Crippen LogP contribution >= 0.6 is 11.6 Å². The van der Waals surface area contributed by atoms with Crippen molar-refractivity contribution < 1.29 is 13.9 Å². The monoisotopic (exact) mass is 446 g/mol. The van der Waals surface area contributed by atoms with Gasteiger partial charge in [-0.2, -0.15) is 5.10 Å². The van der Waals surface area contributed by atoms with E-state index in [1.807, 2.05) is 13.8 Å². The molecule has 0 amide bonds. The molecule has 3 aromatic rings. The summed E-state index contributed by atoms with van der Waals surface area (Å²) in [5.41, 5.74) is 8.65. The number of fused-ring (bicyclic) bond motifs is 1. The van der Waals surface area contributed by atoms with Crippen molar-refractivity contribution in [2.45, 2.75) is 31.8 Å². The third-order valence-corrected chi connectivity index (χ3v) is 6.68. The number of hydrogen-bond donors (Lipinski definition) is 1. The maximum absolute atomic E-state index is 15.2. The van der Waals surface area contributed by atoms with Gasteiger partial charge in [0.15, 0.2) is 5.65 Å². The predicted octanol–water partition coefficient (Wildman–Crippen LogP) is 2.93. The minimum Gasteiger partial charge on any atom is -0.496 e. The Morgan fingerprint density at radius 3 is 2.71 bits per heavy atom. The number of anilines is 1. The summed E-state index contributed by atoms with van der Waals surface area (Å²) in [5, 5.41) is 5.42. The molecule has 1 atom stereocenters. The van der Waals surface area contributed by atoms with Crippen LogP contribution in [0.1, 0.15) is 35.7 Å². The second kappa shape index (κ2) is 7.58. The molecule has 31 heavy (non-hydrogen) atoms. The number of nitrogens with zero attached hydrogens (tertiary/aromatic N) is 5. The fourth-order valence-corrected chi connectivity index (χ4v) is 4.77. The number of hydrogen-bond acceptors (Lipinski definition) is 7. The van der Waals surface area contributed by atoms with Crippen LogP contribution < -0.4 is 10.5 Å². The van der Waals surface area contributed by atoms with Gasteiger partial charge < -0.3 is 15.2 Å². The molecule has 0 saturated carbocycles. The molecule has 2 N–H and O–H groups in total. The number of ether oxygens (including phenoxy) is 2. The van der Waals surface area contributed by atoms with Crippen LogP contribution in [-0.2, 0) is 4.74 Å². The molecule has 2 fully saturated rings. The molecule has 10 heteroatoms. The highest BCUT2D eigenvalue weighted by Crippen LogP contribution is 2.44. The summed E-state index contributed by atoms with van der Waals surface area (Å²) in [5.74, 6) is 0.471. The Bertz CT molecular complexity index is 1160. The van der Waals surface area contributed by atoms with E-state index >= 15 is 4.39 Å². The molecule has 2 aliphatic rings. The maximum atomic E-state index is 15.2. The fourth-order valence-electron chi connectivity index (χ4n) is 4.55. The Morgan fingerprint density at radius 1 is 1.32 bits per heavy atom. The van der Waals surface area contributed by atoms with Crippen molar-refractivity contribution in [3.63, 3.8) is 0 Å². The van der Waals surface area contributed by atoms with Crippen LogP contribution in [0, 0.1) is 12.7 Å². The molecule has 0 spiro atoms. The molecular formula is C21H24ClFN6O2. The zero-order valence-electron chi connectivity index (χ0n) is 17.6. The van der Waals surface area contributed by atoms with Gasteiger partial charge in [-0.1, -0.05) is 11.6 Å². The molecule has 1 aromatic carbocycles. The van der Waals surface area contributed by atoms with Crippen molar-refractivity contribution in [3.8, 4) is 5.75 Å². The lowest BCUT2D eigenvalue weighted by Crippen LogP contribution is -2.58. The van der Waals surface area contributed by atoms with Gasteiger partial charge in [-0.15, -0.1) is 0 Å². The number of likely N-dealkylation sites (tertiary alicyclic amines) is 1. The number of nitrogen functional groups attached to an aromatic ring is 1. The van der Waals surface area contributed by atoms with E-state index in [0.29, 0.717) is 34.2 Å². The summed E-state index contributed by atoms with van der Waals surface area (Å²) < 4.78 is 28.0. The molecule has 0 bridgehead atoms. The summed E-state index contributed by atoms with van der Waals surface area (Å²) in [4.78, 5) is 10.8. The van der Waals surface area contributed by atoms with Crippen molar-refractivity contribution in [3.05, 3.63) is 40.1 Å². The molecule has 2 aromatic heterocycles. The van der Waals surface area contributed by atoms with Gasteiger partial charge >= 0.3 is 0 Å². The Kier molecular flexibility index (Phi) is 4.99. The molecule has 8 nitrogen and oxygen atoms in total. The normalized spacial score (nSPS) is 18.7. The highest BCUT2D eigenvalue weighted by atomic mass is 35.5. The maximum Gasteiger partial charge on any atom is 0.164 e. The van der Waals surface area contributed by atoms with Crippen LogP contribution in [0.5, 0.6) is 5.75 Å². The molecule has 1 unspecified atom stereocenters. The summed E-state index contributed by atoms with van der Waals surface area (Å²) in [6.45, 7) is 6.80. The summed E-state index contributed by atoms with van der Waals surface area (Å²) in [6.07, 6.45) is 1.41. The average molecular weight is 447 g/mol. The lowest BCUT2D eigenvalue weighted by molar-refractivity contribution is -0.0910. The van der Waals surface area contributed by atoms with Crippen molar-refractivity contribution in [1.29, 1.82) is 0 Å². The number of aromatic nitrogens is 4. The summed E-state index contributed by atoms with van der Waals surface area (Å²) >= 11 is 6.35. The third-order valence-electron chi connectivity index (χ3n) is 6.40. The van der Waals surface area contributed by atoms with Crippen molar-refractivity contribution >= 4 is 28.5 Å². The molecule has 0 radical (unpaired) electrons. The van der Waals surface area contributed by atoms with Crippen LogP contribution in [0.4, 0.5) is 10.2 Å². The summed E-state index contributed by atoms with van der Waals surface area (Å²) in [7, 11) is 1.56. The van der Waals surface area contributed by atoms with E-state index in [9.17, 15) is 0 Å². The van der Waals surface area contributed by atoms with Crippen molar-refractivity contribution in [2.24, 2.45) is 0 Å². The second-order valence-electron chi connectivity index (χ2n) is 8.21. The smallest absolute Gasteiger partial charge is 0.164 e. The van der Waals surface area contributed by atoms with Crippen molar-refractivity contribution in [2.75, 3.05) is 39.1 Å². The quantitative estimate of drug-likeness (QED) is 0.644. The zero-order valence-corrected chi connectivity index (χ0v) is 18.4. The molecule has 5 rings (SSSR count). The topological polar surface area (TPSA) is 91.3 Å². The number of methoxy groups -OCH3 is 1. The number of benzene rings is 1. The lowest BCUT2D eigenvalue weighted by Gasteiger charge is -2.48. The Labute approximate surface area is 184 Å². The number of aryl methyl sites for hydroxylation is 1. The van der Waals surface area contributed by atoms with E-state index in [1.54, 1.807) is 17.9 Å². The van der Waals surface area contributed by atoms with Crippen LogP contribution in [0.25, 0.3) is 11.0 Å². The van der Waals surface area contributed by atoms with Crippen LogP contribution in [-0.4, -0.2) is 64.1 Å². The molecule has 4 heterocycles.